The van der Waals surface area contributed by atoms with E-state index < -0.39 is 86.1 Å². The van der Waals surface area contributed by atoms with Gasteiger partial charge in [0, 0.05) is 41.3 Å². The molecule has 10 aliphatic carbocycles. The van der Waals surface area contributed by atoms with E-state index in [-0.39, 0.29) is 72.3 Å². The number of aliphatic hydroxyl groups is 3. The van der Waals surface area contributed by atoms with E-state index in [1.165, 1.54) is 11.1 Å². The zero-order valence-electron chi connectivity index (χ0n) is 48.9. The Kier molecular flexibility index (Phi) is 10.6. The minimum Gasteiger partial charge on any atom is -0.469 e. The predicted octanol–water partition coefficient (Wildman–Crippen LogP) is 9.14. The third kappa shape index (κ3) is 5.67. The van der Waals surface area contributed by atoms with Crippen LogP contribution in [0.3, 0.4) is 0 Å². The summed E-state index contributed by atoms with van der Waals surface area (Å²) in [5.74, 6) is 0.232. The van der Waals surface area contributed by atoms with Crippen LogP contribution in [-0.4, -0.2) is 106 Å². The first-order valence-corrected chi connectivity index (χ1v) is 33.8. The minimum atomic E-state index is -1.49. The standard InChI is InChI=1S/C71H86N2O11/c1-64-32-44-33-65-31-40-18-21-67(65)63(79)81-36-66-57(44)68(45-12-7-10-39(25-45)24-38-8-3-2-4-9-38,59(77)56(76)58(66)69-46(16-14-41-11-5-6-13-52(41)69)28-48(29-47(65)26-40)70(66,67)84-69)71(64)61(83-71)62(78)82-60(64)50-20-23-80-55(50)30-51(54(75)35-74)42-15-17-49-43(27-42)19-22-73-37-72-34-53(49)73/h2-4,8-9,18-23,28,39-47,49,51-54,57-61,72,74-75,77H,5-7,10-17,24-27,29-37H2,1H3/t39-,40+,41-,42-,43+,44-,45+,46-,47-,49-,51-,52-,53+,54+,57+,58-,59+,60-,61+,64-,65-,66+,67+,68-,69+,70+,71+/m0/s1. The summed E-state index contributed by atoms with van der Waals surface area (Å²) in [6.45, 7) is 3.82. The molecule has 1 aromatic carbocycles. The van der Waals surface area contributed by atoms with Crippen LogP contribution in [0.1, 0.15) is 145 Å². The molecule has 17 aliphatic rings. The van der Waals surface area contributed by atoms with Crippen molar-refractivity contribution < 1.29 is 53.1 Å². The van der Waals surface area contributed by atoms with E-state index in [4.69, 9.17) is 23.4 Å². The van der Waals surface area contributed by atoms with Gasteiger partial charge in [-0.1, -0.05) is 93.7 Å². The summed E-state index contributed by atoms with van der Waals surface area (Å²) in [5.41, 5.74) is -5.28. The number of esters is 2. The number of hydrogen-bond acceptors (Lipinski definition) is 13. The highest BCUT2D eigenvalue weighted by Crippen LogP contribution is 2.93. The van der Waals surface area contributed by atoms with Gasteiger partial charge in [0.15, 0.2) is 11.9 Å². The molecular weight excluding hydrogens is 1060 g/mol. The normalized spacial score (nSPS) is 53.8. The first kappa shape index (κ1) is 51.9. The van der Waals surface area contributed by atoms with E-state index in [1.54, 1.807) is 6.26 Å². The highest BCUT2D eigenvalue weighted by Gasteiger charge is 3.01. The number of nitrogens with one attached hydrogen (secondary N) is 1. The molecule has 2 aromatic rings. The van der Waals surface area contributed by atoms with Crippen LogP contribution >= 0.6 is 0 Å². The lowest BCUT2D eigenvalue weighted by Gasteiger charge is -2.73. The number of ketones is 1. The number of epoxide rings is 1. The Hall–Kier alpha value is -4.11. The fourth-order valence-corrected chi connectivity index (χ4v) is 27.6. The number of cyclic esters (lactones) is 2. The molecule has 27 atom stereocenters. The van der Waals surface area contributed by atoms with Crippen LogP contribution in [0.4, 0.5) is 0 Å². The van der Waals surface area contributed by atoms with Crippen LogP contribution in [0.25, 0.3) is 0 Å². The van der Waals surface area contributed by atoms with Gasteiger partial charge in [-0.15, -0.1) is 0 Å². The summed E-state index contributed by atoms with van der Waals surface area (Å²) in [6.07, 6.45) is 27.1. The molecule has 0 unspecified atom stereocenters. The molecule has 19 rings (SSSR count). The molecule has 5 saturated heterocycles. The molecule has 0 radical (unpaired) electrons. The fraction of sp³-hybridized carbons (Fsp3) is 0.732. The van der Waals surface area contributed by atoms with Crippen molar-refractivity contribution in [2.24, 2.45) is 110 Å². The molecule has 6 spiro atoms. The Balaban J connectivity index is 0.818. The molecule has 9 saturated carbocycles. The number of carbonyl (C=O) groups is 3. The van der Waals surface area contributed by atoms with Crippen LogP contribution < -0.4 is 5.32 Å². The van der Waals surface area contributed by atoms with Gasteiger partial charge in [0.2, 0.25) is 0 Å². The summed E-state index contributed by atoms with van der Waals surface area (Å²) in [7, 11) is 0. The van der Waals surface area contributed by atoms with Crippen LogP contribution in [-0.2, 0) is 46.2 Å². The average Bonchev–Trinajstić information content (AvgIpc) is 1.40. The molecule has 446 valence electrons. The number of furan rings is 1. The molecule has 84 heavy (non-hydrogen) atoms. The zero-order valence-corrected chi connectivity index (χ0v) is 48.9. The third-order valence-electron chi connectivity index (χ3n) is 29.6. The second-order valence-corrected chi connectivity index (χ2v) is 31.8. The van der Waals surface area contributed by atoms with Crippen molar-refractivity contribution in [1.82, 2.24) is 10.2 Å². The van der Waals surface area contributed by atoms with Crippen molar-refractivity contribution in [3.8, 4) is 0 Å². The maximum Gasteiger partial charge on any atom is 0.339 e. The molecule has 7 aliphatic heterocycles. The molecule has 14 fully saturated rings. The van der Waals surface area contributed by atoms with Crippen molar-refractivity contribution in [2.75, 3.05) is 26.4 Å². The van der Waals surface area contributed by atoms with E-state index in [0.29, 0.717) is 48.3 Å². The van der Waals surface area contributed by atoms with Crippen molar-refractivity contribution in [3.05, 3.63) is 95.6 Å². The van der Waals surface area contributed by atoms with Gasteiger partial charge < -0.3 is 43.6 Å². The fourth-order valence-electron chi connectivity index (χ4n) is 27.6. The van der Waals surface area contributed by atoms with Gasteiger partial charge in [-0.05, 0) is 190 Å². The highest BCUT2D eigenvalue weighted by molar-refractivity contribution is 5.96. The summed E-state index contributed by atoms with van der Waals surface area (Å²) < 4.78 is 37.4. The lowest BCUT2D eigenvalue weighted by atomic mass is 9.28. The number of ether oxygens (including phenoxy) is 4. The first-order chi connectivity index (χ1) is 40.8. The topological polar surface area (TPSA) is 181 Å². The van der Waals surface area contributed by atoms with Gasteiger partial charge in [0.25, 0.3) is 0 Å². The van der Waals surface area contributed by atoms with Crippen molar-refractivity contribution >= 4 is 17.7 Å². The van der Waals surface area contributed by atoms with Gasteiger partial charge in [-0.2, -0.15) is 0 Å². The van der Waals surface area contributed by atoms with Crippen LogP contribution in [0.15, 0.2) is 83.2 Å². The Bertz CT molecular complexity index is 3250. The molecule has 1 aromatic heterocycles. The molecule has 0 amide bonds. The summed E-state index contributed by atoms with van der Waals surface area (Å²) in [6, 6.07) is 13.2. The number of allylic oxidation sites excluding steroid dienone is 2. The number of aliphatic hydroxyl groups excluding tert-OH is 3. The van der Waals surface area contributed by atoms with Gasteiger partial charge in [-0.3, -0.25) is 14.9 Å². The number of rotatable bonds is 9. The molecule has 4 N–H and O–H groups in total. The van der Waals surface area contributed by atoms with E-state index in [1.807, 2.05) is 6.07 Å². The largest absolute Gasteiger partial charge is 0.469 e. The Morgan fingerprint density at radius 1 is 0.881 bits per heavy atom. The predicted molar refractivity (Wildman–Crippen MR) is 305 cm³/mol. The van der Waals surface area contributed by atoms with Crippen LogP contribution in [0.2, 0.25) is 0 Å². The molecule has 6 bridgehead atoms. The molecule has 13 heteroatoms. The summed E-state index contributed by atoms with van der Waals surface area (Å²) >= 11 is 0. The number of carbonyl (C=O) groups excluding carboxylic acids is 3. The van der Waals surface area contributed by atoms with E-state index in [0.717, 1.165) is 134 Å². The highest BCUT2D eigenvalue weighted by atomic mass is 16.7. The van der Waals surface area contributed by atoms with Crippen LogP contribution in [0, 0.1) is 110 Å². The van der Waals surface area contributed by atoms with E-state index >= 15 is 14.4 Å². The molecule has 13 nitrogen and oxygen atoms in total. The maximum absolute atomic E-state index is 17.7. The number of fused-ring (bicyclic) bond motifs is 5. The van der Waals surface area contributed by atoms with Gasteiger partial charge >= 0.3 is 11.9 Å². The number of hydrogen-bond donors (Lipinski definition) is 4. The van der Waals surface area contributed by atoms with E-state index in [2.05, 4.69) is 78.0 Å². The molecular formula is C71H86N2O11. The number of benzene rings is 1. The van der Waals surface area contributed by atoms with Gasteiger partial charge in [-0.25, -0.2) is 4.79 Å². The quantitative estimate of drug-likeness (QED) is 0.106. The monoisotopic (exact) mass is 1140 g/mol. The minimum absolute atomic E-state index is 0.0264. The van der Waals surface area contributed by atoms with E-state index in [9.17, 15) is 15.3 Å². The molecule has 8 heterocycles. The zero-order chi connectivity index (χ0) is 56.3. The van der Waals surface area contributed by atoms with Gasteiger partial charge in [0.1, 0.15) is 41.2 Å². The Morgan fingerprint density at radius 2 is 1.76 bits per heavy atom. The second-order valence-electron chi connectivity index (χ2n) is 31.8. The number of nitrogens with zero attached hydrogens (tertiary/aromatic N) is 1. The van der Waals surface area contributed by atoms with Crippen LogP contribution in [0.5, 0.6) is 0 Å². The summed E-state index contributed by atoms with van der Waals surface area (Å²) in [4.78, 5) is 52.1. The Labute approximate surface area is 493 Å². The second kappa shape index (κ2) is 17.2. The lowest BCUT2D eigenvalue weighted by Crippen LogP contribution is -2.83. The summed E-state index contributed by atoms with van der Waals surface area (Å²) in [5, 5.41) is 41.3. The average molecular weight is 1140 g/mol. The maximum atomic E-state index is 17.7. The van der Waals surface area contributed by atoms with Crippen molar-refractivity contribution in [3.63, 3.8) is 0 Å². The lowest BCUT2D eigenvalue weighted by molar-refractivity contribution is -0.309. The smallest absolute Gasteiger partial charge is 0.339 e. The third-order valence-corrected chi connectivity index (χ3v) is 29.6. The number of Topliss-reactive ketones (excluding diaryl/α,β-unsaturated/α-hetero) is 1. The van der Waals surface area contributed by atoms with Crippen molar-refractivity contribution in [1.29, 1.82) is 0 Å². The van der Waals surface area contributed by atoms with Gasteiger partial charge in [0.05, 0.1) is 42.6 Å². The first-order valence-electron chi connectivity index (χ1n) is 33.8. The SMILES string of the molecule is C[C@@]12C[C@H]3C[C@]45C[C@@H]6C=C[C@@]47C(=O)OC[C@]48[C@H](C(=O)[C@@H](O)[C@]([C@@H]9CCC[C@@H](Cc%10ccccc%10)C9)([C@H]34)[C@]13O[C@@H]3C(=O)O[C@H]2c1ccoc1C[C@@H]([C@H]1CC[C@H]2[C@H](C=CN3CNC[C@H]23)C1)[C@H](O)CO)[C@@]12O[C@]87C(=C[C@@H]1CC[C@@H]1CCCC[C@@H]12)C[C@@H]5C6. The Morgan fingerprint density at radius 3 is 2.64 bits per heavy atom. The van der Waals surface area contributed by atoms with Crippen molar-refractivity contribution in [2.45, 2.75) is 183 Å².